The van der Waals surface area contributed by atoms with Crippen molar-refractivity contribution in [3.63, 3.8) is 0 Å². The van der Waals surface area contributed by atoms with E-state index in [0.717, 1.165) is 9.79 Å². The van der Waals surface area contributed by atoms with E-state index in [2.05, 4.69) is 0 Å². The summed E-state index contributed by atoms with van der Waals surface area (Å²) in [4.78, 5) is 15.4. The van der Waals surface area contributed by atoms with Crippen molar-refractivity contribution in [1.82, 2.24) is 4.90 Å². The van der Waals surface area contributed by atoms with Gasteiger partial charge in [0.05, 0.1) is 15.6 Å². The number of nitrogen functional groups attached to an aromatic ring is 1. The third kappa shape index (κ3) is 3.84. The Balaban J connectivity index is 2.40. The number of anilines is 1. The molecule has 2 rings (SSSR count). The number of nitrogens with two attached hydrogens (primary N) is 1. The van der Waals surface area contributed by atoms with Crippen LogP contribution in [0.2, 0.25) is 10.0 Å². The smallest absolute Gasteiger partial charge is 0.254 e. The summed E-state index contributed by atoms with van der Waals surface area (Å²) in [7, 11) is 3.43. The van der Waals surface area contributed by atoms with Crippen LogP contribution in [0.3, 0.4) is 0 Å². The Hall–Kier alpha value is -1.36. The van der Waals surface area contributed by atoms with Crippen molar-refractivity contribution in [3.8, 4) is 0 Å². The lowest BCUT2D eigenvalue weighted by molar-refractivity contribution is 0.0824. The van der Waals surface area contributed by atoms with E-state index in [0.29, 0.717) is 21.3 Å². The minimum absolute atomic E-state index is 0.0717. The second-order valence-corrected chi connectivity index (χ2v) is 6.56. The van der Waals surface area contributed by atoms with Crippen molar-refractivity contribution in [2.24, 2.45) is 0 Å². The molecule has 2 aromatic carbocycles. The molecular formula is C15H14Cl2N2OS. The molecule has 0 saturated carbocycles. The zero-order valence-corrected chi connectivity index (χ0v) is 13.9. The highest BCUT2D eigenvalue weighted by Gasteiger charge is 2.15. The van der Waals surface area contributed by atoms with Crippen LogP contribution in [0.5, 0.6) is 0 Å². The first-order valence-corrected chi connectivity index (χ1v) is 7.70. The van der Waals surface area contributed by atoms with E-state index in [1.807, 2.05) is 6.07 Å². The summed E-state index contributed by atoms with van der Waals surface area (Å²) >= 11 is 13.4. The lowest BCUT2D eigenvalue weighted by Crippen LogP contribution is -2.22. The Kier molecular flexibility index (Phi) is 5.04. The van der Waals surface area contributed by atoms with Gasteiger partial charge in [-0.3, -0.25) is 4.79 Å². The third-order valence-corrected chi connectivity index (χ3v) is 4.55. The molecule has 2 aromatic rings. The van der Waals surface area contributed by atoms with Crippen molar-refractivity contribution >= 4 is 46.6 Å². The molecule has 0 heterocycles. The average molecular weight is 341 g/mol. The number of amides is 1. The van der Waals surface area contributed by atoms with Gasteiger partial charge in [-0.2, -0.15) is 0 Å². The van der Waals surface area contributed by atoms with Gasteiger partial charge in [0, 0.05) is 29.6 Å². The molecule has 0 aliphatic carbocycles. The molecule has 110 valence electrons. The molecule has 0 spiro atoms. The molecule has 0 bridgehead atoms. The summed E-state index contributed by atoms with van der Waals surface area (Å²) in [6, 6.07) is 10.6. The Labute approximate surface area is 138 Å². The van der Waals surface area contributed by atoms with E-state index in [4.69, 9.17) is 28.9 Å². The first kappa shape index (κ1) is 16.0. The lowest BCUT2D eigenvalue weighted by atomic mass is 10.2. The number of hydrogen-bond donors (Lipinski definition) is 1. The molecule has 0 fully saturated rings. The molecule has 2 N–H and O–H groups in total. The molecule has 0 aromatic heterocycles. The lowest BCUT2D eigenvalue weighted by Gasteiger charge is -2.14. The highest BCUT2D eigenvalue weighted by molar-refractivity contribution is 7.99. The largest absolute Gasteiger partial charge is 0.399 e. The molecule has 1 amide bonds. The SMILES string of the molecule is CN(C)C(=O)c1ccc(N)cc1Sc1ccc(Cl)c(Cl)c1. The zero-order valence-electron chi connectivity index (χ0n) is 11.6. The molecule has 3 nitrogen and oxygen atoms in total. The van der Waals surface area contributed by atoms with Gasteiger partial charge in [0.15, 0.2) is 0 Å². The maximum absolute atomic E-state index is 12.2. The summed E-state index contributed by atoms with van der Waals surface area (Å²) in [5, 5.41) is 0.976. The molecule has 0 aliphatic heterocycles. The summed E-state index contributed by atoms with van der Waals surface area (Å²) in [5.41, 5.74) is 7.03. The molecule has 0 saturated heterocycles. The van der Waals surface area contributed by atoms with E-state index in [-0.39, 0.29) is 5.91 Å². The van der Waals surface area contributed by atoms with Crippen LogP contribution < -0.4 is 5.73 Å². The summed E-state index contributed by atoms with van der Waals surface area (Å²) in [6.45, 7) is 0. The van der Waals surface area contributed by atoms with Gasteiger partial charge < -0.3 is 10.6 Å². The van der Waals surface area contributed by atoms with Crippen molar-refractivity contribution in [1.29, 1.82) is 0 Å². The quantitative estimate of drug-likeness (QED) is 0.840. The fourth-order valence-electron chi connectivity index (χ4n) is 1.71. The van der Waals surface area contributed by atoms with Crippen LogP contribution in [0.1, 0.15) is 10.4 Å². The monoisotopic (exact) mass is 340 g/mol. The fourth-order valence-corrected chi connectivity index (χ4v) is 3.10. The van der Waals surface area contributed by atoms with E-state index in [1.54, 1.807) is 44.4 Å². The highest BCUT2D eigenvalue weighted by Crippen LogP contribution is 2.35. The summed E-state index contributed by atoms with van der Waals surface area (Å²) in [5.74, 6) is -0.0717. The maximum Gasteiger partial charge on any atom is 0.254 e. The van der Waals surface area contributed by atoms with Crippen LogP contribution in [-0.2, 0) is 0 Å². The summed E-state index contributed by atoms with van der Waals surface area (Å²) < 4.78 is 0. The van der Waals surface area contributed by atoms with Crippen LogP contribution in [0, 0.1) is 0 Å². The molecule has 0 aliphatic rings. The van der Waals surface area contributed by atoms with Crippen LogP contribution in [0.4, 0.5) is 5.69 Å². The number of carbonyl (C=O) groups is 1. The Morgan fingerprint density at radius 1 is 1.10 bits per heavy atom. The van der Waals surface area contributed by atoms with Gasteiger partial charge in [0.2, 0.25) is 0 Å². The normalized spacial score (nSPS) is 10.5. The Morgan fingerprint density at radius 3 is 2.43 bits per heavy atom. The van der Waals surface area contributed by atoms with Crippen LogP contribution in [-0.4, -0.2) is 24.9 Å². The van der Waals surface area contributed by atoms with E-state index < -0.39 is 0 Å². The second kappa shape index (κ2) is 6.60. The predicted molar refractivity (Wildman–Crippen MR) is 89.5 cm³/mol. The number of rotatable bonds is 3. The minimum Gasteiger partial charge on any atom is -0.399 e. The van der Waals surface area contributed by atoms with Crippen molar-refractivity contribution < 1.29 is 4.79 Å². The van der Waals surface area contributed by atoms with E-state index in [1.165, 1.54) is 16.7 Å². The Bertz CT molecular complexity index is 689. The standard InChI is InChI=1S/C15H14Cl2N2OS/c1-19(2)15(20)11-5-3-9(18)7-14(11)21-10-4-6-12(16)13(17)8-10/h3-8H,18H2,1-2H3. The van der Waals surface area contributed by atoms with Gasteiger partial charge in [-0.1, -0.05) is 35.0 Å². The molecular weight excluding hydrogens is 327 g/mol. The van der Waals surface area contributed by atoms with Crippen molar-refractivity contribution in [3.05, 3.63) is 52.0 Å². The first-order chi connectivity index (χ1) is 9.88. The number of nitrogens with zero attached hydrogens (tertiary/aromatic N) is 1. The van der Waals surface area contributed by atoms with Gasteiger partial charge in [-0.05, 0) is 36.4 Å². The van der Waals surface area contributed by atoms with Gasteiger partial charge in [0.1, 0.15) is 0 Å². The number of carbonyl (C=O) groups excluding carboxylic acids is 1. The van der Waals surface area contributed by atoms with Gasteiger partial charge in [-0.15, -0.1) is 0 Å². The summed E-state index contributed by atoms with van der Waals surface area (Å²) in [6.07, 6.45) is 0. The van der Waals surface area contributed by atoms with Crippen molar-refractivity contribution in [2.45, 2.75) is 9.79 Å². The minimum atomic E-state index is -0.0717. The van der Waals surface area contributed by atoms with Crippen molar-refractivity contribution in [2.75, 3.05) is 19.8 Å². The molecule has 0 unspecified atom stereocenters. The van der Waals surface area contributed by atoms with Gasteiger partial charge >= 0.3 is 0 Å². The number of halogens is 2. The zero-order chi connectivity index (χ0) is 15.6. The van der Waals surface area contributed by atoms with E-state index in [9.17, 15) is 4.79 Å². The first-order valence-electron chi connectivity index (χ1n) is 6.12. The highest BCUT2D eigenvalue weighted by atomic mass is 35.5. The fraction of sp³-hybridized carbons (Fsp3) is 0.133. The van der Waals surface area contributed by atoms with Crippen LogP contribution in [0.15, 0.2) is 46.2 Å². The second-order valence-electron chi connectivity index (χ2n) is 4.63. The average Bonchev–Trinajstić information content (AvgIpc) is 2.42. The third-order valence-electron chi connectivity index (χ3n) is 2.76. The topological polar surface area (TPSA) is 46.3 Å². The van der Waals surface area contributed by atoms with Gasteiger partial charge in [0.25, 0.3) is 5.91 Å². The molecule has 6 heteroatoms. The number of hydrogen-bond acceptors (Lipinski definition) is 3. The maximum atomic E-state index is 12.2. The van der Waals surface area contributed by atoms with Gasteiger partial charge in [-0.25, -0.2) is 0 Å². The predicted octanol–water partition coefficient (Wildman–Crippen LogP) is 4.43. The number of benzene rings is 2. The van der Waals surface area contributed by atoms with Crippen LogP contribution >= 0.6 is 35.0 Å². The Morgan fingerprint density at radius 2 is 1.81 bits per heavy atom. The molecule has 0 atom stereocenters. The molecule has 21 heavy (non-hydrogen) atoms. The molecule has 0 radical (unpaired) electrons. The van der Waals surface area contributed by atoms with Crippen LogP contribution in [0.25, 0.3) is 0 Å². The van der Waals surface area contributed by atoms with E-state index >= 15 is 0 Å².